The van der Waals surface area contributed by atoms with Gasteiger partial charge in [-0.15, -0.1) is 0 Å². The summed E-state index contributed by atoms with van der Waals surface area (Å²) in [5.41, 5.74) is 3.19. The summed E-state index contributed by atoms with van der Waals surface area (Å²) in [6, 6.07) is 15.4. The first-order valence-corrected chi connectivity index (χ1v) is 9.63. The molecule has 31 heavy (non-hydrogen) atoms. The minimum Gasteiger partial charge on any atom is -0.482 e. The van der Waals surface area contributed by atoms with Gasteiger partial charge < -0.3 is 14.8 Å². The average Bonchev–Trinajstić information content (AvgIpc) is 3.02. The van der Waals surface area contributed by atoms with Crippen molar-refractivity contribution < 1.29 is 23.9 Å². The minimum atomic E-state index is -0.681. The highest BCUT2D eigenvalue weighted by atomic mass is 16.6. The van der Waals surface area contributed by atoms with Crippen LogP contribution in [-0.2, 0) is 21.4 Å². The van der Waals surface area contributed by atoms with Gasteiger partial charge in [-0.1, -0.05) is 30.3 Å². The van der Waals surface area contributed by atoms with E-state index < -0.39 is 18.5 Å². The first kappa shape index (κ1) is 21.8. The van der Waals surface area contributed by atoms with Crippen LogP contribution in [0.25, 0.3) is 0 Å². The van der Waals surface area contributed by atoms with Crippen LogP contribution in [0.5, 0.6) is 5.75 Å². The molecule has 160 valence electrons. The molecule has 0 unspecified atom stereocenters. The van der Waals surface area contributed by atoms with Crippen LogP contribution in [0.15, 0.2) is 54.6 Å². The molecule has 0 atom stereocenters. The van der Waals surface area contributed by atoms with Crippen LogP contribution in [0.4, 0.5) is 5.69 Å². The van der Waals surface area contributed by atoms with E-state index in [2.05, 4.69) is 10.4 Å². The molecule has 1 heterocycles. The molecule has 0 fully saturated rings. The SMILES string of the molecule is Cc1nn(C)c(C)c1NC(=O)COC(=O)COc1ccc(C(=O)c2ccccc2)cc1. The number of hydrogen-bond donors (Lipinski definition) is 1. The summed E-state index contributed by atoms with van der Waals surface area (Å²) in [5.74, 6) is -0.833. The molecule has 8 nitrogen and oxygen atoms in total. The van der Waals surface area contributed by atoms with Crippen molar-refractivity contribution in [3.8, 4) is 5.75 Å². The summed E-state index contributed by atoms with van der Waals surface area (Å²) >= 11 is 0. The summed E-state index contributed by atoms with van der Waals surface area (Å²) in [6.45, 7) is 2.82. The second-order valence-corrected chi connectivity index (χ2v) is 6.89. The maximum atomic E-state index is 12.4. The Labute approximate surface area is 179 Å². The standard InChI is InChI=1S/C23H23N3O5/c1-15-22(16(2)26(3)25-15)24-20(27)13-31-21(28)14-30-19-11-9-18(10-12-19)23(29)17-7-5-4-6-8-17/h4-12H,13-14H2,1-3H3,(H,24,27). The topological polar surface area (TPSA) is 99.5 Å². The second kappa shape index (κ2) is 9.71. The highest BCUT2D eigenvalue weighted by Gasteiger charge is 2.14. The van der Waals surface area contributed by atoms with Gasteiger partial charge in [0.2, 0.25) is 0 Å². The number of hydrogen-bond acceptors (Lipinski definition) is 6. The number of ketones is 1. The molecule has 3 aromatic rings. The number of nitrogens with one attached hydrogen (secondary N) is 1. The fourth-order valence-electron chi connectivity index (χ4n) is 2.92. The summed E-state index contributed by atoms with van der Waals surface area (Å²) < 4.78 is 12.0. The Kier molecular flexibility index (Phi) is 6.81. The smallest absolute Gasteiger partial charge is 0.344 e. The van der Waals surface area contributed by atoms with Gasteiger partial charge in [0.25, 0.3) is 5.91 Å². The van der Waals surface area contributed by atoms with Crippen LogP contribution in [0, 0.1) is 13.8 Å². The molecule has 0 aliphatic heterocycles. The highest BCUT2D eigenvalue weighted by molar-refractivity contribution is 6.09. The summed E-state index contributed by atoms with van der Waals surface area (Å²) in [6.07, 6.45) is 0. The van der Waals surface area contributed by atoms with Crippen LogP contribution >= 0.6 is 0 Å². The number of anilines is 1. The maximum absolute atomic E-state index is 12.4. The number of benzene rings is 2. The van der Waals surface area contributed by atoms with Crippen molar-refractivity contribution in [3.05, 3.63) is 77.1 Å². The van der Waals surface area contributed by atoms with E-state index in [1.54, 1.807) is 67.2 Å². The Morgan fingerprint density at radius 1 is 0.935 bits per heavy atom. The quantitative estimate of drug-likeness (QED) is 0.444. The zero-order chi connectivity index (χ0) is 22.4. The summed E-state index contributed by atoms with van der Waals surface area (Å²) in [4.78, 5) is 36.3. The predicted molar refractivity (Wildman–Crippen MR) is 114 cm³/mol. The second-order valence-electron chi connectivity index (χ2n) is 6.89. The summed E-state index contributed by atoms with van der Waals surface area (Å²) in [5, 5.41) is 6.90. The van der Waals surface area contributed by atoms with Gasteiger partial charge in [0.15, 0.2) is 19.0 Å². The van der Waals surface area contributed by atoms with Gasteiger partial charge in [0.1, 0.15) is 5.75 Å². The Hall–Kier alpha value is -3.94. The molecular weight excluding hydrogens is 398 g/mol. The molecule has 1 aromatic heterocycles. The third-order valence-corrected chi connectivity index (χ3v) is 4.65. The van der Waals surface area contributed by atoms with E-state index in [4.69, 9.17) is 9.47 Å². The molecule has 0 aliphatic carbocycles. The molecule has 1 N–H and O–H groups in total. The number of amides is 1. The van der Waals surface area contributed by atoms with E-state index >= 15 is 0 Å². The van der Waals surface area contributed by atoms with Gasteiger partial charge in [-0.3, -0.25) is 14.3 Å². The number of aromatic nitrogens is 2. The van der Waals surface area contributed by atoms with E-state index in [9.17, 15) is 14.4 Å². The number of ether oxygens (including phenoxy) is 2. The average molecular weight is 421 g/mol. The van der Waals surface area contributed by atoms with Crippen LogP contribution in [-0.4, -0.2) is 40.7 Å². The molecule has 0 saturated heterocycles. The Morgan fingerprint density at radius 2 is 1.58 bits per heavy atom. The third kappa shape index (κ3) is 5.57. The van der Waals surface area contributed by atoms with Crippen LogP contribution < -0.4 is 10.1 Å². The molecule has 0 bridgehead atoms. The Morgan fingerprint density at radius 3 is 2.19 bits per heavy atom. The van der Waals surface area contributed by atoms with Crippen molar-refractivity contribution in [2.45, 2.75) is 13.8 Å². The fourth-order valence-corrected chi connectivity index (χ4v) is 2.92. The molecule has 0 spiro atoms. The Balaban J connectivity index is 1.45. The number of rotatable bonds is 8. The van der Waals surface area contributed by atoms with Crippen molar-refractivity contribution >= 4 is 23.3 Å². The molecule has 2 aromatic carbocycles. The van der Waals surface area contributed by atoms with Gasteiger partial charge in [-0.05, 0) is 38.1 Å². The number of nitrogens with zero attached hydrogens (tertiary/aromatic N) is 2. The van der Waals surface area contributed by atoms with Crippen LogP contribution in [0.2, 0.25) is 0 Å². The Bertz CT molecular complexity index is 1090. The number of carbonyl (C=O) groups excluding carboxylic acids is 3. The lowest BCUT2D eigenvalue weighted by Gasteiger charge is -2.09. The number of esters is 1. The molecule has 8 heteroatoms. The van der Waals surface area contributed by atoms with Crippen molar-refractivity contribution in [3.63, 3.8) is 0 Å². The predicted octanol–water partition coefficient (Wildman–Crippen LogP) is 2.83. The molecule has 0 radical (unpaired) electrons. The number of aryl methyl sites for hydroxylation is 2. The highest BCUT2D eigenvalue weighted by Crippen LogP contribution is 2.18. The van der Waals surface area contributed by atoms with Crippen molar-refractivity contribution in [1.82, 2.24) is 9.78 Å². The molecule has 0 aliphatic rings. The van der Waals surface area contributed by atoms with E-state index in [1.807, 2.05) is 13.0 Å². The monoisotopic (exact) mass is 421 g/mol. The van der Waals surface area contributed by atoms with Crippen molar-refractivity contribution in [2.24, 2.45) is 7.05 Å². The lowest BCUT2D eigenvalue weighted by atomic mass is 10.0. The third-order valence-electron chi connectivity index (χ3n) is 4.65. The lowest BCUT2D eigenvalue weighted by molar-refractivity contribution is -0.149. The summed E-state index contributed by atoms with van der Waals surface area (Å²) in [7, 11) is 1.78. The van der Waals surface area contributed by atoms with E-state index in [0.29, 0.717) is 28.3 Å². The van der Waals surface area contributed by atoms with E-state index in [1.165, 1.54) is 0 Å². The van der Waals surface area contributed by atoms with Gasteiger partial charge in [0, 0.05) is 18.2 Å². The normalized spacial score (nSPS) is 10.4. The molecule has 0 saturated carbocycles. The zero-order valence-electron chi connectivity index (χ0n) is 17.5. The van der Waals surface area contributed by atoms with Gasteiger partial charge in [-0.2, -0.15) is 5.10 Å². The lowest BCUT2D eigenvalue weighted by Crippen LogP contribution is -2.24. The maximum Gasteiger partial charge on any atom is 0.344 e. The first-order valence-electron chi connectivity index (χ1n) is 9.63. The van der Waals surface area contributed by atoms with Crippen LogP contribution in [0.3, 0.4) is 0 Å². The van der Waals surface area contributed by atoms with Gasteiger partial charge in [0.05, 0.1) is 17.1 Å². The van der Waals surface area contributed by atoms with Crippen molar-refractivity contribution in [1.29, 1.82) is 0 Å². The fraction of sp³-hybridized carbons (Fsp3) is 0.217. The largest absolute Gasteiger partial charge is 0.482 e. The van der Waals surface area contributed by atoms with Crippen LogP contribution in [0.1, 0.15) is 27.3 Å². The number of carbonyl (C=O) groups is 3. The molecular formula is C23H23N3O5. The van der Waals surface area contributed by atoms with Crippen molar-refractivity contribution in [2.75, 3.05) is 18.5 Å². The minimum absolute atomic E-state index is 0.100. The zero-order valence-corrected chi connectivity index (χ0v) is 17.5. The van der Waals surface area contributed by atoms with E-state index in [0.717, 1.165) is 5.69 Å². The molecule has 3 rings (SSSR count). The molecule has 1 amide bonds. The van der Waals surface area contributed by atoms with Gasteiger partial charge in [-0.25, -0.2) is 4.79 Å². The van der Waals surface area contributed by atoms with Gasteiger partial charge >= 0.3 is 5.97 Å². The first-order chi connectivity index (χ1) is 14.8. The van der Waals surface area contributed by atoms with E-state index in [-0.39, 0.29) is 12.4 Å².